The Morgan fingerprint density at radius 2 is 1.42 bits per heavy atom. The molecule has 4 nitrogen and oxygen atoms in total. The zero-order valence-electron chi connectivity index (χ0n) is 17.2. The number of hydroxylamine groups is 2. The Morgan fingerprint density at radius 3 is 2.06 bits per heavy atom. The summed E-state index contributed by atoms with van der Waals surface area (Å²) in [5.41, 5.74) is 4.61. The van der Waals surface area contributed by atoms with Gasteiger partial charge in [-0.2, -0.15) is 5.06 Å². The SMILES string of the molecule is CN1OC(c2ccccc2)(c2ccccc2)c2[nH]c3ccccc3c2[C@@H]1c1ccco1. The van der Waals surface area contributed by atoms with E-state index in [0.29, 0.717) is 0 Å². The molecule has 3 aromatic carbocycles. The topological polar surface area (TPSA) is 41.4 Å². The van der Waals surface area contributed by atoms with E-state index in [1.54, 1.807) is 6.26 Å². The van der Waals surface area contributed by atoms with Gasteiger partial charge in [0.25, 0.3) is 0 Å². The lowest BCUT2D eigenvalue weighted by molar-refractivity contribution is -0.239. The van der Waals surface area contributed by atoms with Gasteiger partial charge in [0.05, 0.1) is 12.0 Å². The fourth-order valence-electron chi connectivity index (χ4n) is 4.90. The Bertz CT molecular complexity index is 1280. The van der Waals surface area contributed by atoms with Crippen molar-refractivity contribution in [2.45, 2.75) is 11.6 Å². The molecule has 0 unspecified atom stereocenters. The minimum Gasteiger partial charge on any atom is -0.467 e. The maximum Gasteiger partial charge on any atom is 0.180 e. The van der Waals surface area contributed by atoms with Crippen LogP contribution in [0.3, 0.4) is 0 Å². The van der Waals surface area contributed by atoms with Gasteiger partial charge >= 0.3 is 0 Å². The number of H-pyrrole nitrogens is 1. The summed E-state index contributed by atoms with van der Waals surface area (Å²) in [7, 11) is 1.98. The number of hydrogen-bond acceptors (Lipinski definition) is 3. The molecule has 31 heavy (non-hydrogen) atoms. The van der Waals surface area contributed by atoms with E-state index in [9.17, 15) is 0 Å². The quantitative estimate of drug-likeness (QED) is 0.398. The van der Waals surface area contributed by atoms with Crippen LogP contribution in [0.5, 0.6) is 0 Å². The van der Waals surface area contributed by atoms with Crippen LogP contribution in [-0.4, -0.2) is 17.1 Å². The molecule has 152 valence electrons. The minimum atomic E-state index is -0.811. The van der Waals surface area contributed by atoms with E-state index in [1.165, 1.54) is 10.9 Å². The van der Waals surface area contributed by atoms with Gasteiger partial charge in [0.15, 0.2) is 5.60 Å². The third kappa shape index (κ3) is 2.62. The summed E-state index contributed by atoms with van der Waals surface area (Å²) in [5, 5.41) is 3.10. The van der Waals surface area contributed by atoms with Gasteiger partial charge in [0.1, 0.15) is 11.8 Å². The van der Waals surface area contributed by atoms with E-state index in [0.717, 1.165) is 28.1 Å². The van der Waals surface area contributed by atoms with Crippen LogP contribution in [-0.2, 0) is 10.4 Å². The van der Waals surface area contributed by atoms with Crippen LogP contribution in [0.25, 0.3) is 10.9 Å². The summed E-state index contributed by atoms with van der Waals surface area (Å²) in [5.74, 6) is 0.850. The molecule has 0 bridgehead atoms. The number of fused-ring (bicyclic) bond motifs is 3. The average molecular weight is 406 g/mol. The molecule has 0 saturated carbocycles. The maximum absolute atomic E-state index is 6.88. The molecule has 6 rings (SSSR count). The molecule has 0 fully saturated rings. The van der Waals surface area contributed by atoms with Crippen molar-refractivity contribution in [3.63, 3.8) is 0 Å². The molecular formula is C27H22N2O2. The molecule has 1 aliphatic rings. The van der Waals surface area contributed by atoms with E-state index in [4.69, 9.17) is 9.25 Å². The lowest BCUT2D eigenvalue weighted by Crippen LogP contribution is -2.46. The summed E-state index contributed by atoms with van der Waals surface area (Å²) in [6, 6.07) is 33.0. The predicted octanol–water partition coefficient (Wildman–Crippen LogP) is 6.02. The van der Waals surface area contributed by atoms with E-state index in [1.807, 2.05) is 36.4 Å². The van der Waals surface area contributed by atoms with Crippen LogP contribution in [0.15, 0.2) is 108 Å². The Hall–Kier alpha value is -3.60. The van der Waals surface area contributed by atoms with E-state index in [-0.39, 0.29) is 6.04 Å². The van der Waals surface area contributed by atoms with Crippen molar-refractivity contribution >= 4 is 10.9 Å². The second-order valence-electron chi connectivity index (χ2n) is 7.93. The zero-order chi connectivity index (χ0) is 20.8. The van der Waals surface area contributed by atoms with Gasteiger partial charge in [0, 0.05) is 23.5 Å². The first-order chi connectivity index (χ1) is 15.3. The van der Waals surface area contributed by atoms with Gasteiger partial charge < -0.3 is 9.40 Å². The van der Waals surface area contributed by atoms with Gasteiger partial charge in [-0.3, -0.25) is 4.84 Å². The molecule has 1 N–H and O–H groups in total. The molecule has 0 aliphatic carbocycles. The van der Waals surface area contributed by atoms with E-state index < -0.39 is 5.60 Å². The van der Waals surface area contributed by atoms with Crippen molar-refractivity contribution in [3.8, 4) is 0 Å². The van der Waals surface area contributed by atoms with Crippen molar-refractivity contribution in [3.05, 3.63) is 131 Å². The number of benzene rings is 3. The van der Waals surface area contributed by atoms with Gasteiger partial charge in [-0.1, -0.05) is 78.9 Å². The largest absolute Gasteiger partial charge is 0.467 e. The third-order valence-electron chi connectivity index (χ3n) is 6.19. The van der Waals surface area contributed by atoms with Gasteiger partial charge in [-0.25, -0.2) is 0 Å². The molecule has 0 radical (unpaired) electrons. The Balaban J connectivity index is 1.74. The summed E-state index contributed by atoms with van der Waals surface area (Å²) in [4.78, 5) is 10.6. The molecule has 5 aromatic rings. The second kappa shape index (κ2) is 6.98. The molecular weight excluding hydrogens is 384 g/mol. The van der Waals surface area contributed by atoms with Crippen molar-refractivity contribution in [2.24, 2.45) is 0 Å². The van der Waals surface area contributed by atoms with Crippen molar-refractivity contribution < 1.29 is 9.25 Å². The molecule has 0 saturated heterocycles. The standard InChI is InChI=1S/C27H22N2O2/c1-29-25(23-17-10-18-30-23)24-21-15-8-9-16-22(21)28-26(24)27(31-29,19-11-4-2-5-12-19)20-13-6-3-7-14-20/h2-18,25,28H,1H3/t25-/m0/s1. The fourth-order valence-corrected chi connectivity index (χ4v) is 4.90. The first-order valence-electron chi connectivity index (χ1n) is 10.5. The highest BCUT2D eigenvalue weighted by molar-refractivity contribution is 5.87. The third-order valence-corrected chi connectivity index (χ3v) is 6.19. The predicted molar refractivity (Wildman–Crippen MR) is 120 cm³/mol. The van der Waals surface area contributed by atoms with Gasteiger partial charge in [0.2, 0.25) is 0 Å². The normalized spacial score (nSPS) is 18.2. The molecule has 1 aliphatic heterocycles. The first-order valence-corrected chi connectivity index (χ1v) is 10.5. The molecule has 4 heteroatoms. The van der Waals surface area contributed by atoms with Gasteiger partial charge in [-0.15, -0.1) is 0 Å². The Labute approximate surface area is 180 Å². The van der Waals surface area contributed by atoms with E-state index in [2.05, 4.69) is 77.8 Å². The second-order valence-corrected chi connectivity index (χ2v) is 7.93. The maximum atomic E-state index is 6.88. The van der Waals surface area contributed by atoms with Crippen LogP contribution in [0.4, 0.5) is 0 Å². The van der Waals surface area contributed by atoms with Crippen LogP contribution in [0.2, 0.25) is 0 Å². The summed E-state index contributed by atoms with van der Waals surface area (Å²) in [6.07, 6.45) is 1.72. The average Bonchev–Trinajstić information content (AvgIpc) is 3.48. The minimum absolute atomic E-state index is 0.165. The molecule has 0 spiro atoms. The lowest BCUT2D eigenvalue weighted by Gasteiger charge is -2.44. The van der Waals surface area contributed by atoms with Crippen molar-refractivity contribution in [2.75, 3.05) is 7.05 Å². The zero-order valence-corrected chi connectivity index (χ0v) is 17.2. The van der Waals surface area contributed by atoms with Crippen molar-refractivity contribution in [1.82, 2.24) is 10.0 Å². The molecule has 1 atom stereocenters. The highest BCUT2D eigenvalue weighted by Crippen LogP contribution is 2.51. The molecule has 0 amide bonds. The van der Waals surface area contributed by atoms with E-state index >= 15 is 0 Å². The number of para-hydroxylation sites is 1. The number of nitrogens with one attached hydrogen (secondary N) is 1. The Kier molecular flexibility index (Phi) is 4.10. The molecule has 3 heterocycles. The van der Waals surface area contributed by atoms with Crippen LogP contribution >= 0.6 is 0 Å². The van der Waals surface area contributed by atoms with Crippen LogP contribution in [0, 0.1) is 0 Å². The monoisotopic (exact) mass is 406 g/mol. The highest BCUT2D eigenvalue weighted by Gasteiger charge is 2.50. The number of aromatic nitrogens is 1. The lowest BCUT2D eigenvalue weighted by atomic mass is 9.79. The van der Waals surface area contributed by atoms with Crippen molar-refractivity contribution in [1.29, 1.82) is 0 Å². The summed E-state index contributed by atoms with van der Waals surface area (Å²) < 4.78 is 5.86. The number of furan rings is 1. The first kappa shape index (κ1) is 18.2. The number of nitrogens with zero attached hydrogens (tertiary/aromatic N) is 1. The Morgan fingerprint density at radius 1 is 0.774 bits per heavy atom. The summed E-state index contributed by atoms with van der Waals surface area (Å²) in [6.45, 7) is 0. The number of hydrogen-bond donors (Lipinski definition) is 1. The highest BCUT2D eigenvalue weighted by atomic mass is 16.7. The smallest absolute Gasteiger partial charge is 0.180 e. The van der Waals surface area contributed by atoms with Crippen LogP contribution < -0.4 is 0 Å². The fraction of sp³-hybridized carbons (Fsp3) is 0.111. The van der Waals surface area contributed by atoms with Crippen LogP contribution in [0.1, 0.15) is 34.2 Å². The molecule has 2 aromatic heterocycles. The summed E-state index contributed by atoms with van der Waals surface area (Å²) >= 11 is 0. The number of aromatic amines is 1. The van der Waals surface area contributed by atoms with Gasteiger partial charge in [-0.05, 0) is 29.3 Å². The number of rotatable bonds is 3.